The van der Waals surface area contributed by atoms with Gasteiger partial charge in [-0.2, -0.15) is 0 Å². The first-order chi connectivity index (χ1) is 15.0. The maximum atomic E-state index is 12.1. The van der Waals surface area contributed by atoms with Gasteiger partial charge in [0.05, 0.1) is 13.7 Å². The van der Waals surface area contributed by atoms with Crippen molar-refractivity contribution in [1.29, 1.82) is 0 Å². The zero-order valence-corrected chi connectivity index (χ0v) is 21.1. The van der Waals surface area contributed by atoms with Gasteiger partial charge in [0, 0.05) is 0 Å². The Labute approximate surface area is 200 Å². The molecule has 2 aromatic heterocycles. The molecule has 3 rings (SSSR count). The van der Waals surface area contributed by atoms with Gasteiger partial charge < -0.3 is 58.7 Å². The number of hydrogen-bond acceptors (Lipinski definition) is 16. The largest absolute Gasteiger partial charge is 0.756 e. The first-order valence-electron chi connectivity index (χ1n) is 8.54. The van der Waals surface area contributed by atoms with E-state index in [2.05, 4.69) is 23.1 Å². The van der Waals surface area contributed by atoms with Crippen molar-refractivity contribution in [1.82, 2.24) is 33.0 Å². The average Bonchev–Trinajstić information content (AvgIpc) is 3.07. The van der Waals surface area contributed by atoms with E-state index in [0.29, 0.717) is 0 Å². The van der Waals surface area contributed by atoms with Crippen molar-refractivity contribution in [3.8, 4) is 0 Å². The molecule has 36 heavy (non-hydrogen) atoms. The SMILES string of the molecule is Cn1c[n+]([C@@H]2O[C@H](COP(=O)(O)OP(=O)([O-])OP(=O)(O)O)[C@@H](O)[C@H]2O)c2nc(N)[nH]c(=O)c21.N.N.N. The van der Waals surface area contributed by atoms with Gasteiger partial charge in [-0.15, -0.1) is 0 Å². The van der Waals surface area contributed by atoms with Crippen LogP contribution in [0.15, 0.2) is 11.1 Å². The summed E-state index contributed by atoms with van der Waals surface area (Å²) < 4.78 is 52.9. The van der Waals surface area contributed by atoms with E-state index in [1.165, 1.54) is 17.9 Å². The Morgan fingerprint density at radius 3 is 2.33 bits per heavy atom. The maximum absolute atomic E-state index is 12.1. The molecule has 17 N–H and O–H groups in total. The molecule has 2 unspecified atom stereocenters. The standard InChI is InChI=1S/C11H18N5O14P3.3H3N/c1-15-3-16(8-5(15)9(19)14-11(12)13-8)10-7(18)6(17)4(28-10)2-27-32(23,24)30-33(25,26)29-31(20,21)22;;;/h3-4,6-7,10,17-18H,2H2,1H3,(H6-,12,13,14,19,20,21,22,23,24,25,26);3*1H3/t4-,6-,7-,10-;;;/m1.../s1. The summed E-state index contributed by atoms with van der Waals surface area (Å²) in [4.78, 5) is 56.1. The van der Waals surface area contributed by atoms with Gasteiger partial charge in [-0.25, -0.2) is 22.3 Å². The van der Waals surface area contributed by atoms with Crippen molar-refractivity contribution in [3.05, 3.63) is 16.7 Å². The molecule has 3 heterocycles. The molecule has 1 fully saturated rings. The molecule has 1 saturated heterocycles. The monoisotopic (exact) mass is 588 g/mol. The third kappa shape index (κ3) is 7.66. The summed E-state index contributed by atoms with van der Waals surface area (Å²) in [7, 11) is -15.7. The lowest BCUT2D eigenvalue weighted by Gasteiger charge is -2.24. The van der Waals surface area contributed by atoms with E-state index in [9.17, 15) is 38.5 Å². The number of aromatic nitrogens is 4. The van der Waals surface area contributed by atoms with Crippen molar-refractivity contribution >= 4 is 40.6 Å². The van der Waals surface area contributed by atoms with Crippen molar-refractivity contribution in [2.75, 3.05) is 12.3 Å². The van der Waals surface area contributed by atoms with Crippen LogP contribution in [0.5, 0.6) is 0 Å². The molecular weight excluding hydrogens is 561 g/mol. The predicted octanol–water partition coefficient (Wildman–Crippen LogP) is -3.05. The molecule has 0 spiro atoms. The van der Waals surface area contributed by atoms with Crippen LogP contribution >= 0.6 is 23.5 Å². The Kier molecular flexibility index (Phi) is 11.2. The molecule has 210 valence electrons. The number of ether oxygens (including phenoxy) is 1. The molecule has 6 atom stereocenters. The summed E-state index contributed by atoms with van der Waals surface area (Å²) in [5, 5.41) is 20.6. The van der Waals surface area contributed by atoms with E-state index in [1.807, 2.05) is 0 Å². The number of aliphatic hydroxyl groups is 2. The molecule has 22 nitrogen and oxygen atoms in total. The fourth-order valence-electron chi connectivity index (χ4n) is 3.01. The number of H-pyrrole nitrogens is 1. The second kappa shape index (κ2) is 11.8. The molecule has 1 aliphatic heterocycles. The first kappa shape index (κ1) is 34.3. The van der Waals surface area contributed by atoms with Gasteiger partial charge >= 0.3 is 21.3 Å². The minimum absolute atomic E-state index is 0. The van der Waals surface area contributed by atoms with Crippen molar-refractivity contribution in [3.63, 3.8) is 0 Å². The zero-order valence-electron chi connectivity index (χ0n) is 18.4. The number of phosphoric ester groups is 1. The topological polar surface area (TPSA) is 398 Å². The van der Waals surface area contributed by atoms with Crippen LogP contribution in [0.4, 0.5) is 5.95 Å². The molecule has 0 aromatic carbocycles. The van der Waals surface area contributed by atoms with E-state index in [0.717, 1.165) is 4.57 Å². The van der Waals surface area contributed by atoms with Gasteiger partial charge in [-0.05, 0) is 0 Å². The van der Waals surface area contributed by atoms with Crippen LogP contribution in [0, 0.1) is 0 Å². The number of nitrogens with zero attached hydrogens (tertiary/aromatic N) is 3. The van der Waals surface area contributed by atoms with E-state index < -0.39 is 60.2 Å². The second-order valence-electron chi connectivity index (χ2n) is 6.67. The average molecular weight is 588 g/mol. The van der Waals surface area contributed by atoms with Crippen LogP contribution in [0.3, 0.4) is 0 Å². The number of anilines is 1. The summed E-state index contributed by atoms with van der Waals surface area (Å²) in [6.45, 7) is -1.03. The van der Waals surface area contributed by atoms with Crippen LogP contribution in [-0.2, 0) is 38.6 Å². The van der Waals surface area contributed by atoms with Crippen molar-refractivity contribution in [2.45, 2.75) is 24.5 Å². The highest BCUT2D eigenvalue weighted by atomic mass is 31.3. The van der Waals surface area contributed by atoms with Gasteiger partial charge in [-0.3, -0.25) is 23.4 Å². The van der Waals surface area contributed by atoms with Gasteiger partial charge in [0.15, 0.2) is 6.33 Å². The molecule has 0 amide bonds. The van der Waals surface area contributed by atoms with Crippen LogP contribution in [0.2, 0.25) is 0 Å². The minimum Gasteiger partial charge on any atom is -0.756 e. The summed E-state index contributed by atoms with van der Waals surface area (Å²) in [6.07, 6.45) is -5.07. The number of imidazole rings is 1. The smallest absolute Gasteiger partial charge is 0.478 e. The Morgan fingerprint density at radius 2 is 1.78 bits per heavy atom. The van der Waals surface area contributed by atoms with Crippen LogP contribution in [0.1, 0.15) is 6.23 Å². The molecule has 0 radical (unpaired) electrons. The number of aromatic amines is 1. The quantitative estimate of drug-likeness (QED) is 0.108. The number of rotatable bonds is 8. The number of hydrogen-bond donors (Lipinski definition) is 10. The van der Waals surface area contributed by atoms with Gasteiger partial charge in [0.2, 0.25) is 11.7 Å². The van der Waals surface area contributed by atoms with Crippen LogP contribution in [0.25, 0.3) is 11.2 Å². The maximum Gasteiger partial charge on any atom is 0.478 e. The van der Waals surface area contributed by atoms with Gasteiger partial charge in [0.1, 0.15) is 18.3 Å². The van der Waals surface area contributed by atoms with E-state index in [4.69, 9.17) is 20.3 Å². The third-order valence-electron chi connectivity index (χ3n) is 4.21. The Bertz CT molecular complexity index is 1260. The van der Waals surface area contributed by atoms with Crippen LogP contribution in [-0.4, -0.2) is 64.3 Å². The fourth-order valence-corrected chi connectivity index (χ4v) is 5.98. The molecule has 25 heteroatoms. The molecule has 2 aromatic rings. The number of phosphoric acid groups is 3. The summed E-state index contributed by atoms with van der Waals surface area (Å²) in [5.74, 6) is -0.252. The van der Waals surface area contributed by atoms with Gasteiger partial charge in [-0.1, -0.05) is 4.98 Å². The highest BCUT2D eigenvalue weighted by Crippen LogP contribution is 2.64. The molecular formula is C11H27N8O14P3. The number of aliphatic hydroxyl groups excluding tert-OH is 2. The summed E-state index contributed by atoms with van der Waals surface area (Å²) in [5.41, 5.74) is 4.93. The van der Waals surface area contributed by atoms with Crippen molar-refractivity contribution in [2.24, 2.45) is 7.05 Å². The van der Waals surface area contributed by atoms with E-state index in [1.54, 1.807) is 0 Å². The highest BCUT2D eigenvalue weighted by Gasteiger charge is 2.48. The Hall–Kier alpha value is -1.68. The van der Waals surface area contributed by atoms with Gasteiger partial charge in [0.25, 0.3) is 19.3 Å². The van der Waals surface area contributed by atoms with Crippen molar-refractivity contribution < 1.29 is 65.9 Å². The number of aryl methyl sites for hydroxylation is 1. The van der Waals surface area contributed by atoms with Crippen LogP contribution < -0.4 is 39.2 Å². The molecule has 1 aliphatic rings. The van der Waals surface area contributed by atoms with E-state index in [-0.39, 0.29) is 35.6 Å². The molecule has 0 bridgehead atoms. The number of fused-ring (bicyclic) bond motifs is 1. The number of nitrogens with one attached hydrogen (secondary N) is 1. The predicted molar refractivity (Wildman–Crippen MR) is 115 cm³/mol. The zero-order chi connectivity index (χ0) is 24.9. The molecule has 0 saturated carbocycles. The fraction of sp³-hybridized carbons (Fsp3) is 0.545. The first-order valence-corrected chi connectivity index (χ1v) is 13.0. The highest BCUT2D eigenvalue weighted by molar-refractivity contribution is 7.65. The summed E-state index contributed by atoms with van der Waals surface area (Å²) in [6, 6.07) is 0. The number of nitrogen functional groups attached to an aromatic ring is 1. The lowest BCUT2D eigenvalue weighted by Crippen LogP contribution is -2.46. The minimum atomic E-state index is -5.98. The lowest BCUT2D eigenvalue weighted by atomic mass is 10.1. The second-order valence-corrected chi connectivity index (χ2v) is 11.0. The third-order valence-corrected chi connectivity index (χ3v) is 7.96. The normalized spacial score (nSPS) is 25.2. The van der Waals surface area contributed by atoms with E-state index >= 15 is 0 Å². The number of nitrogens with two attached hydrogens (primary N) is 1. The Balaban J connectivity index is 0.00000408. The lowest BCUT2D eigenvalue weighted by molar-refractivity contribution is -0.745. The molecule has 0 aliphatic carbocycles. The Morgan fingerprint density at radius 1 is 1.19 bits per heavy atom. The summed E-state index contributed by atoms with van der Waals surface area (Å²) >= 11 is 0.